The average Bonchev–Trinajstić information content (AvgIpc) is 2.32. The van der Waals surface area contributed by atoms with Gasteiger partial charge < -0.3 is 10.0 Å². The van der Waals surface area contributed by atoms with Gasteiger partial charge in [0.1, 0.15) is 0 Å². The van der Waals surface area contributed by atoms with E-state index in [1.54, 1.807) is 0 Å². The summed E-state index contributed by atoms with van der Waals surface area (Å²) >= 11 is 5.83. The van der Waals surface area contributed by atoms with Gasteiger partial charge in [-0.15, -0.1) is 0 Å². The zero-order valence-corrected chi connectivity index (χ0v) is 11.7. The lowest BCUT2D eigenvalue weighted by molar-refractivity contribution is 0.135. The van der Waals surface area contributed by atoms with E-state index < -0.39 is 0 Å². The first-order valence-electron chi connectivity index (χ1n) is 6.77. The van der Waals surface area contributed by atoms with Crippen molar-refractivity contribution < 1.29 is 5.11 Å². The highest BCUT2D eigenvalue weighted by molar-refractivity contribution is 6.30. The van der Waals surface area contributed by atoms with Crippen LogP contribution < -0.4 is 0 Å². The van der Waals surface area contributed by atoms with Crippen molar-refractivity contribution in [2.75, 3.05) is 20.1 Å². The van der Waals surface area contributed by atoms with Crippen molar-refractivity contribution in [3.8, 4) is 0 Å². The Balaban J connectivity index is 1.73. The molecule has 18 heavy (non-hydrogen) atoms. The molecule has 1 aromatic rings. The number of hydrogen-bond donors (Lipinski definition) is 1. The average molecular weight is 268 g/mol. The number of nitrogens with zero attached hydrogens (tertiary/aromatic N) is 1. The molecule has 3 heteroatoms. The second kappa shape index (κ2) is 6.55. The summed E-state index contributed by atoms with van der Waals surface area (Å²) in [6.45, 7) is 2.12. The molecule has 1 atom stereocenters. The van der Waals surface area contributed by atoms with Gasteiger partial charge in [0.25, 0.3) is 0 Å². The van der Waals surface area contributed by atoms with Gasteiger partial charge in [0.2, 0.25) is 0 Å². The molecule has 1 aliphatic carbocycles. The maximum absolute atomic E-state index is 10.1. The number of benzene rings is 1. The summed E-state index contributed by atoms with van der Waals surface area (Å²) in [5, 5.41) is 10.8. The van der Waals surface area contributed by atoms with E-state index in [9.17, 15) is 5.11 Å². The van der Waals surface area contributed by atoms with E-state index in [-0.39, 0.29) is 6.10 Å². The number of aliphatic hydroxyl groups is 1. The van der Waals surface area contributed by atoms with E-state index >= 15 is 0 Å². The Hall–Kier alpha value is -0.570. The topological polar surface area (TPSA) is 23.5 Å². The summed E-state index contributed by atoms with van der Waals surface area (Å²) in [6, 6.07) is 7.47. The first-order valence-corrected chi connectivity index (χ1v) is 7.15. The van der Waals surface area contributed by atoms with Crippen LogP contribution in [0.2, 0.25) is 5.02 Å². The monoisotopic (exact) mass is 267 g/mol. The molecular formula is C15H22ClNO. The van der Waals surface area contributed by atoms with Crippen LogP contribution in [0.25, 0.3) is 0 Å². The van der Waals surface area contributed by atoms with E-state index in [1.165, 1.54) is 25.8 Å². The fourth-order valence-electron chi connectivity index (χ4n) is 2.40. The standard InChI is InChI=1S/C15H22ClNO/c1-17(11-12-3-2-4-12)10-9-15(18)13-5-7-14(16)8-6-13/h5-8,12,15,18H,2-4,9-11H2,1H3. The molecule has 0 radical (unpaired) electrons. The lowest BCUT2D eigenvalue weighted by Crippen LogP contribution is -2.30. The Bertz CT molecular complexity index is 361. The van der Waals surface area contributed by atoms with Gasteiger partial charge in [-0.25, -0.2) is 0 Å². The SMILES string of the molecule is CN(CCC(O)c1ccc(Cl)cc1)CC1CCC1. The Morgan fingerprint density at radius 1 is 1.33 bits per heavy atom. The van der Waals surface area contributed by atoms with E-state index in [1.807, 2.05) is 24.3 Å². The number of halogens is 1. The van der Waals surface area contributed by atoms with E-state index in [0.717, 1.165) is 24.4 Å². The summed E-state index contributed by atoms with van der Waals surface area (Å²) in [5.41, 5.74) is 0.955. The minimum atomic E-state index is -0.383. The number of rotatable bonds is 6. The Labute approximate surface area is 115 Å². The predicted octanol–water partition coefficient (Wildman–Crippen LogP) is 3.50. The summed E-state index contributed by atoms with van der Waals surface area (Å²) in [4.78, 5) is 2.34. The molecule has 100 valence electrons. The van der Waals surface area contributed by atoms with Gasteiger partial charge in [-0.1, -0.05) is 30.2 Å². The molecule has 1 saturated carbocycles. The van der Waals surface area contributed by atoms with Crippen LogP contribution in [-0.2, 0) is 0 Å². The van der Waals surface area contributed by atoms with Crippen LogP contribution in [0.5, 0.6) is 0 Å². The molecule has 2 nitrogen and oxygen atoms in total. The van der Waals surface area contributed by atoms with Crippen LogP contribution in [0.15, 0.2) is 24.3 Å². The maximum Gasteiger partial charge on any atom is 0.0802 e. The Kier molecular flexibility index (Phi) is 5.04. The normalized spacial score (nSPS) is 17.8. The Morgan fingerprint density at radius 3 is 2.56 bits per heavy atom. The van der Waals surface area contributed by atoms with Gasteiger partial charge in [-0.2, -0.15) is 0 Å². The zero-order chi connectivity index (χ0) is 13.0. The predicted molar refractivity (Wildman–Crippen MR) is 75.9 cm³/mol. The largest absolute Gasteiger partial charge is 0.388 e. The molecule has 0 spiro atoms. The van der Waals surface area contributed by atoms with Gasteiger partial charge in [0.15, 0.2) is 0 Å². The van der Waals surface area contributed by atoms with E-state index in [0.29, 0.717) is 5.02 Å². The Morgan fingerprint density at radius 2 is 2.00 bits per heavy atom. The lowest BCUT2D eigenvalue weighted by Gasteiger charge is -2.30. The first kappa shape index (κ1) is 13.9. The molecule has 0 saturated heterocycles. The van der Waals surface area contributed by atoms with Gasteiger partial charge in [-0.3, -0.25) is 0 Å². The van der Waals surface area contributed by atoms with Crippen molar-refractivity contribution >= 4 is 11.6 Å². The smallest absolute Gasteiger partial charge is 0.0802 e. The fourth-order valence-corrected chi connectivity index (χ4v) is 2.53. The molecular weight excluding hydrogens is 246 g/mol. The van der Waals surface area contributed by atoms with E-state index in [2.05, 4.69) is 11.9 Å². The fraction of sp³-hybridized carbons (Fsp3) is 0.600. The molecule has 1 fully saturated rings. The van der Waals surface area contributed by atoms with Gasteiger partial charge >= 0.3 is 0 Å². The van der Waals surface area contributed by atoms with Gasteiger partial charge in [0.05, 0.1) is 6.10 Å². The van der Waals surface area contributed by atoms with Crippen LogP contribution in [-0.4, -0.2) is 30.1 Å². The maximum atomic E-state index is 10.1. The molecule has 1 N–H and O–H groups in total. The third kappa shape index (κ3) is 3.98. The second-order valence-electron chi connectivity index (χ2n) is 5.42. The van der Waals surface area contributed by atoms with Crippen molar-refractivity contribution in [3.05, 3.63) is 34.9 Å². The molecule has 0 heterocycles. The van der Waals surface area contributed by atoms with Gasteiger partial charge in [-0.05, 0) is 49.9 Å². The molecule has 1 aliphatic rings. The van der Waals surface area contributed by atoms with Crippen LogP contribution in [0.4, 0.5) is 0 Å². The number of aliphatic hydroxyl groups excluding tert-OH is 1. The minimum Gasteiger partial charge on any atom is -0.388 e. The van der Waals surface area contributed by atoms with Crippen LogP contribution in [0.1, 0.15) is 37.4 Å². The van der Waals surface area contributed by atoms with Crippen molar-refractivity contribution in [2.45, 2.75) is 31.8 Å². The zero-order valence-electron chi connectivity index (χ0n) is 11.0. The highest BCUT2D eigenvalue weighted by Crippen LogP contribution is 2.27. The molecule has 0 aliphatic heterocycles. The summed E-state index contributed by atoms with van der Waals surface area (Å²) in [5.74, 6) is 0.891. The van der Waals surface area contributed by atoms with Gasteiger partial charge in [0, 0.05) is 18.1 Å². The lowest BCUT2D eigenvalue weighted by atomic mass is 9.85. The van der Waals surface area contributed by atoms with Crippen molar-refractivity contribution in [3.63, 3.8) is 0 Å². The molecule has 1 aromatic carbocycles. The van der Waals surface area contributed by atoms with Crippen molar-refractivity contribution in [1.29, 1.82) is 0 Å². The summed E-state index contributed by atoms with van der Waals surface area (Å²) in [7, 11) is 2.15. The molecule has 2 rings (SSSR count). The third-order valence-electron chi connectivity index (χ3n) is 3.83. The molecule has 0 bridgehead atoms. The molecule has 0 amide bonds. The molecule has 1 unspecified atom stereocenters. The minimum absolute atomic E-state index is 0.383. The highest BCUT2D eigenvalue weighted by Gasteiger charge is 2.19. The molecule has 0 aromatic heterocycles. The number of hydrogen-bond acceptors (Lipinski definition) is 2. The summed E-state index contributed by atoms with van der Waals surface area (Å²) in [6.07, 6.45) is 4.55. The summed E-state index contributed by atoms with van der Waals surface area (Å²) < 4.78 is 0. The second-order valence-corrected chi connectivity index (χ2v) is 5.85. The van der Waals surface area contributed by atoms with Crippen LogP contribution in [0, 0.1) is 5.92 Å². The highest BCUT2D eigenvalue weighted by atomic mass is 35.5. The van der Waals surface area contributed by atoms with Crippen molar-refractivity contribution in [2.24, 2.45) is 5.92 Å². The van der Waals surface area contributed by atoms with Crippen LogP contribution >= 0.6 is 11.6 Å². The van der Waals surface area contributed by atoms with E-state index in [4.69, 9.17) is 11.6 Å². The van der Waals surface area contributed by atoms with Crippen LogP contribution in [0.3, 0.4) is 0 Å². The third-order valence-corrected chi connectivity index (χ3v) is 4.09. The quantitative estimate of drug-likeness (QED) is 0.853. The van der Waals surface area contributed by atoms with Crippen molar-refractivity contribution in [1.82, 2.24) is 4.90 Å². The first-order chi connectivity index (χ1) is 8.65.